The van der Waals surface area contributed by atoms with Crippen molar-refractivity contribution in [3.05, 3.63) is 62.9 Å². The van der Waals surface area contributed by atoms with Crippen molar-refractivity contribution < 1.29 is 23.4 Å². The topological polar surface area (TPSA) is 48.0 Å². The molecule has 1 aliphatic carbocycles. The Morgan fingerprint density at radius 3 is 2.32 bits per heavy atom. The zero-order valence-corrected chi connectivity index (χ0v) is 21.0. The number of benzene rings is 2. The molecule has 0 aromatic heterocycles. The van der Waals surface area contributed by atoms with Gasteiger partial charge in [0.05, 0.1) is 31.9 Å². The Bertz CT molecular complexity index is 1000. The second-order valence-corrected chi connectivity index (χ2v) is 9.97. The molecule has 0 unspecified atom stereocenters. The number of halogens is 3. The molecule has 1 saturated carbocycles. The first-order chi connectivity index (χ1) is 16.4. The Hall–Kier alpha value is -1.86. The highest BCUT2D eigenvalue weighted by Gasteiger charge is 2.31. The fourth-order valence-electron chi connectivity index (χ4n) is 4.65. The van der Waals surface area contributed by atoms with Crippen LogP contribution in [0.2, 0.25) is 10.0 Å². The fourth-order valence-corrected chi connectivity index (χ4v) is 5.20. The van der Waals surface area contributed by atoms with Gasteiger partial charge in [0.25, 0.3) is 0 Å². The van der Waals surface area contributed by atoms with E-state index >= 15 is 0 Å². The van der Waals surface area contributed by atoms with Crippen molar-refractivity contribution in [2.45, 2.75) is 37.6 Å². The van der Waals surface area contributed by atoms with Gasteiger partial charge in [-0.15, -0.1) is 0 Å². The van der Waals surface area contributed by atoms with Crippen molar-refractivity contribution in [1.82, 2.24) is 4.90 Å². The number of piperidine rings is 1. The van der Waals surface area contributed by atoms with E-state index in [4.69, 9.17) is 37.4 Å². The maximum Gasteiger partial charge on any atom is 0.340 e. The van der Waals surface area contributed by atoms with E-state index in [-0.39, 0.29) is 11.6 Å². The van der Waals surface area contributed by atoms with Crippen molar-refractivity contribution in [3.8, 4) is 5.75 Å². The van der Waals surface area contributed by atoms with Gasteiger partial charge in [0.1, 0.15) is 11.6 Å². The van der Waals surface area contributed by atoms with Crippen LogP contribution in [0.5, 0.6) is 5.75 Å². The monoisotopic (exact) mass is 509 g/mol. The largest absolute Gasteiger partial charge is 0.493 e. The molecule has 0 N–H and O–H groups in total. The number of rotatable bonds is 9. The standard InChI is InChI=1S/C26H30Cl2FNO4/c1-32-15-24(18-9-19(27)11-20(28)10-18)30-7-5-16(6-8-30)14-34-25-13-23(29)22(26(31)33-2)12-21(25)17-3-4-17/h9-13,16-17,24H,3-8,14-15H2,1-2H3/t24-/m0/s1. The van der Waals surface area contributed by atoms with Crippen LogP contribution < -0.4 is 4.74 Å². The molecule has 1 saturated heterocycles. The molecule has 1 atom stereocenters. The average molecular weight is 510 g/mol. The Labute approximate surface area is 210 Å². The highest BCUT2D eigenvalue weighted by atomic mass is 35.5. The van der Waals surface area contributed by atoms with Gasteiger partial charge in [-0.3, -0.25) is 4.90 Å². The van der Waals surface area contributed by atoms with Gasteiger partial charge < -0.3 is 14.2 Å². The summed E-state index contributed by atoms with van der Waals surface area (Å²) in [6.07, 6.45) is 3.96. The molecule has 0 bridgehead atoms. The maximum absolute atomic E-state index is 14.5. The molecule has 34 heavy (non-hydrogen) atoms. The zero-order valence-electron chi connectivity index (χ0n) is 19.5. The number of ether oxygens (including phenoxy) is 3. The summed E-state index contributed by atoms with van der Waals surface area (Å²) in [5.41, 5.74) is 1.91. The van der Waals surface area contributed by atoms with Crippen LogP contribution in [0.3, 0.4) is 0 Å². The Kier molecular flexibility index (Phi) is 8.35. The van der Waals surface area contributed by atoms with Crippen LogP contribution in [0, 0.1) is 11.7 Å². The van der Waals surface area contributed by atoms with Crippen molar-refractivity contribution in [2.75, 3.05) is 40.5 Å². The quantitative estimate of drug-likeness (QED) is 0.372. The van der Waals surface area contributed by atoms with Gasteiger partial charge >= 0.3 is 5.97 Å². The van der Waals surface area contributed by atoms with E-state index in [9.17, 15) is 9.18 Å². The lowest BCUT2D eigenvalue weighted by molar-refractivity contribution is 0.0556. The maximum atomic E-state index is 14.5. The van der Waals surface area contributed by atoms with Crippen molar-refractivity contribution in [1.29, 1.82) is 0 Å². The molecule has 184 valence electrons. The minimum Gasteiger partial charge on any atom is -0.493 e. The van der Waals surface area contributed by atoms with Gasteiger partial charge in [0.15, 0.2) is 0 Å². The van der Waals surface area contributed by atoms with E-state index in [1.165, 1.54) is 13.2 Å². The molecule has 5 nitrogen and oxygen atoms in total. The van der Waals surface area contributed by atoms with Crippen molar-refractivity contribution in [2.24, 2.45) is 5.92 Å². The van der Waals surface area contributed by atoms with E-state index < -0.39 is 11.8 Å². The van der Waals surface area contributed by atoms with Crippen molar-refractivity contribution in [3.63, 3.8) is 0 Å². The lowest BCUT2D eigenvalue weighted by Gasteiger charge is -2.37. The summed E-state index contributed by atoms with van der Waals surface area (Å²) >= 11 is 12.5. The summed E-state index contributed by atoms with van der Waals surface area (Å²) in [5.74, 6) is -0.0486. The molecule has 1 heterocycles. The molecule has 1 aliphatic heterocycles. The summed E-state index contributed by atoms with van der Waals surface area (Å²) in [6.45, 7) is 2.84. The first-order valence-corrected chi connectivity index (χ1v) is 12.4. The third kappa shape index (κ3) is 6.03. The number of carbonyl (C=O) groups excluding carboxylic acids is 1. The van der Waals surface area contributed by atoms with Gasteiger partial charge in [-0.05, 0) is 86.0 Å². The van der Waals surface area contributed by atoms with Gasteiger partial charge in [-0.2, -0.15) is 0 Å². The lowest BCUT2D eigenvalue weighted by atomic mass is 9.95. The van der Waals surface area contributed by atoms with Gasteiger partial charge in [-0.25, -0.2) is 9.18 Å². The predicted molar refractivity (Wildman–Crippen MR) is 131 cm³/mol. The smallest absolute Gasteiger partial charge is 0.340 e. The predicted octanol–water partition coefficient (Wildman–Crippen LogP) is 6.28. The summed E-state index contributed by atoms with van der Waals surface area (Å²) in [7, 11) is 2.95. The third-order valence-corrected chi connectivity index (χ3v) is 7.12. The van der Waals surface area contributed by atoms with Crippen LogP contribution in [0.15, 0.2) is 30.3 Å². The number of carbonyl (C=O) groups is 1. The first-order valence-electron chi connectivity index (χ1n) is 11.6. The molecule has 0 spiro atoms. The Morgan fingerprint density at radius 1 is 1.06 bits per heavy atom. The van der Waals surface area contributed by atoms with E-state index in [0.29, 0.717) is 40.8 Å². The number of hydrogen-bond donors (Lipinski definition) is 0. The van der Waals surface area contributed by atoms with E-state index in [1.54, 1.807) is 19.2 Å². The average Bonchev–Trinajstić information content (AvgIpc) is 3.66. The van der Waals surface area contributed by atoms with Crippen LogP contribution in [-0.2, 0) is 9.47 Å². The highest BCUT2D eigenvalue weighted by Crippen LogP contribution is 2.45. The molecule has 2 aromatic rings. The van der Waals surface area contributed by atoms with Gasteiger partial charge in [0, 0.05) is 23.2 Å². The molecule has 2 aliphatic rings. The van der Waals surface area contributed by atoms with Crippen LogP contribution in [0.4, 0.5) is 4.39 Å². The Morgan fingerprint density at radius 2 is 1.74 bits per heavy atom. The van der Waals surface area contributed by atoms with Crippen molar-refractivity contribution >= 4 is 29.2 Å². The second-order valence-electron chi connectivity index (χ2n) is 9.10. The SMILES string of the molecule is COC[C@@H](c1cc(Cl)cc(Cl)c1)N1CCC(COc2cc(F)c(C(=O)OC)cc2C2CC2)CC1. The number of nitrogens with zero attached hydrogens (tertiary/aromatic N) is 1. The molecule has 8 heteroatoms. The Balaban J connectivity index is 1.39. The zero-order chi connectivity index (χ0) is 24.2. The molecule has 0 amide bonds. The molecule has 2 fully saturated rings. The summed E-state index contributed by atoms with van der Waals surface area (Å²) in [4.78, 5) is 14.3. The van der Waals surface area contributed by atoms with Crippen LogP contribution >= 0.6 is 23.2 Å². The molecular formula is C26H30Cl2FNO4. The fraction of sp³-hybridized carbons (Fsp3) is 0.500. The lowest BCUT2D eigenvalue weighted by Crippen LogP contribution is -2.39. The van der Waals surface area contributed by atoms with Crippen LogP contribution in [0.25, 0.3) is 0 Å². The normalized spacial score (nSPS) is 18.0. The summed E-state index contributed by atoms with van der Waals surface area (Å²) < 4.78 is 30.8. The number of hydrogen-bond acceptors (Lipinski definition) is 5. The first kappa shape index (κ1) is 25.2. The molecule has 4 rings (SSSR count). The van der Waals surface area contributed by atoms with Crippen LogP contribution in [0.1, 0.15) is 59.1 Å². The van der Waals surface area contributed by atoms with E-state index in [0.717, 1.165) is 49.9 Å². The minimum absolute atomic E-state index is 0.0321. The number of esters is 1. The minimum atomic E-state index is -0.662. The number of likely N-dealkylation sites (tertiary alicyclic amines) is 1. The highest BCUT2D eigenvalue weighted by molar-refractivity contribution is 6.34. The van der Waals surface area contributed by atoms with E-state index in [1.807, 2.05) is 12.1 Å². The molecule has 2 aromatic carbocycles. The molecular weight excluding hydrogens is 480 g/mol. The second kappa shape index (κ2) is 11.3. The summed E-state index contributed by atoms with van der Waals surface area (Å²) in [5, 5.41) is 1.23. The van der Waals surface area contributed by atoms with E-state index in [2.05, 4.69) is 4.90 Å². The van der Waals surface area contributed by atoms with Gasteiger partial charge in [-0.1, -0.05) is 23.2 Å². The van der Waals surface area contributed by atoms with Gasteiger partial charge in [0.2, 0.25) is 0 Å². The number of methoxy groups -OCH3 is 2. The van der Waals surface area contributed by atoms with Crippen LogP contribution in [-0.4, -0.2) is 51.4 Å². The third-order valence-electron chi connectivity index (χ3n) is 6.68. The molecule has 0 radical (unpaired) electrons. The summed E-state index contributed by atoms with van der Waals surface area (Å²) in [6, 6.07) is 8.63.